The maximum absolute atomic E-state index is 6.00. The Kier molecular flexibility index (Phi) is 4.46. The highest BCUT2D eigenvalue weighted by molar-refractivity contribution is 9.10. The smallest absolute Gasteiger partial charge is 0.126 e. The summed E-state index contributed by atoms with van der Waals surface area (Å²) in [6.07, 6.45) is 5.34. The molecule has 1 saturated carbocycles. The van der Waals surface area contributed by atoms with E-state index in [1.807, 2.05) is 0 Å². The van der Waals surface area contributed by atoms with Crippen LogP contribution < -0.4 is 10.5 Å². The predicted molar refractivity (Wildman–Crippen MR) is 74.2 cm³/mol. The van der Waals surface area contributed by atoms with Crippen molar-refractivity contribution in [3.8, 4) is 5.75 Å². The summed E-state index contributed by atoms with van der Waals surface area (Å²) in [6, 6.07) is 4.14. The largest absolute Gasteiger partial charge is 0.493 e. The second-order valence-electron chi connectivity index (χ2n) is 4.88. The summed E-state index contributed by atoms with van der Waals surface area (Å²) < 4.78 is 7.07. The molecule has 0 spiro atoms. The molecular formula is C14H20BrNO. The van der Waals surface area contributed by atoms with Crippen LogP contribution in [-0.4, -0.2) is 6.61 Å². The van der Waals surface area contributed by atoms with Crippen LogP contribution in [0.4, 0.5) is 0 Å². The van der Waals surface area contributed by atoms with E-state index < -0.39 is 0 Å². The first-order valence-corrected chi connectivity index (χ1v) is 7.12. The normalized spacial score (nSPS) is 16.4. The zero-order valence-electron chi connectivity index (χ0n) is 10.3. The molecule has 1 aliphatic rings. The maximum atomic E-state index is 6.00. The van der Waals surface area contributed by atoms with Crippen LogP contribution in [-0.2, 0) is 6.54 Å². The first-order chi connectivity index (χ1) is 8.20. The lowest BCUT2D eigenvalue weighted by molar-refractivity contribution is 0.248. The summed E-state index contributed by atoms with van der Waals surface area (Å²) in [6.45, 7) is 3.45. The SMILES string of the molecule is Cc1cc(Br)cc(CN)c1OCC1CCCC1. The van der Waals surface area contributed by atoms with Crippen molar-refractivity contribution in [3.63, 3.8) is 0 Å². The molecule has 0 atom stereocenters. The maximum Gasteiger partial charge on any atom is 0.126 e. The molecule has 0 radical (unpaired) electrons. The topological polar surface area (TPSA) is 35.2 Å². The molecule has 17 heavy (non-hydrogen) atoms. The summed E-state index contributed by atoms with van der Waals surface area (Å²) in [7, 11) is 0. The van der Waals surface area contributed by atoms with Crippen molar-refractivity contribution in [2.75, 3.05) is 6.61 Å². The van der Waals surface area contributed by atoms with Crippen LogP contribution >= 0.6 is 15.9 Å². The lowest BCUT2D eigenvalue weighted by atomic mass is 10.1. The Hall–Kier alpha value is -0.540. The van der Waals surface area contributed by atoms with Gasteiger partial charge in [-0.05, 0) is 43.4 Å². The Bertz CT molecular complexity index is 386. The van der Waals surface area contributed by atoms with Crippen molar-refractivity contribution in [1.29, 1.82) is 0 Å². The Morgan fingerprint density at radius 2 is 2.06 bits per heavy atom. The molecule has 0 heterocycles. The third-order valence-electron chi connectivity index (χ3n) is 3.47. The average Bonchev–Trinajstić information content (AvgIpc) is 2.79. The number of rotatable bonds is 4. The molecule has 1 aromatic rings. The van der Waals surface area contributed by atoms with Crippen LogP contribution in [0.15, 0.2) is 16.6 Å². The van der Waals surface area contributed by atoms with Gasteiger partial charge >= 0.3 is 0 Å². The third-order valence-corrected chi connectivity index (χ3v) is 3.93. The van der Waals surface area contributed by atoms with Gasteiger partial charge in [0.2, 0.25) is 0 Å². The minimum Gasteiger partial charge on any atom is -0.493 e. The highest BCUT2D eigenvalue weighted by atomic mass is 79.9. The molecule has 0 saturated heterocycles. The van der Waals surface area contributed by atoms with Gasteiger partial charge in [0.15, 0.2) is 0 Å². The molecule has 0 bridgehead atoms. The Balaban J connectivity index is 2.08. The second kappa shape index (κ2) is 5.87. The lowest BCUT2D eigenvalue weighted by Crippen LogP contribution is -2.11. The molecule has 0 aromatic heterocycles. The molecule has 94 valence electrons. The monoisotopic (exact) mass is 297 g/mol. The number of hydrogen-bond donors (Lipinski definition) is 1. The number of hydrogen-bond acceptors (Lipinski definition) is 2. The molecule has 0 unspecified atom stereocenters. The van der Waals surface area contributed by atoms with Gasteiger partial charge in [-0.15, -0.1) is 0 Å². The average molecular weight is 298 g/mol. The standard InChI is InChI=1S/C14H20BrNO/c1-10-6-13(15)7-12(8-16)14(10)17-9-11-4-2-3-5-11/h6-7,11H,2-5,8-9,16H2,1H3. The van der Waals surface area contributed by atoms with Crippen LogP contribution in [0.5, 0.6) is 5.75 Å². The molecule has 2 rings (SSSR count). The number of ether oxygens (including phenoxy) is 1. The third kappa shape index (κ3) is 3.23. The fourth-order valence-corrected chi connectivity index (χ4v) is 3.16. The number of halogens is 1. The van der Waals surface area contributed by atoms with Gasteiger partial charge < -0.3 is 10.5 Å². The van der Waals surface area contributed by atoms with Crippen LogP contribution in [0.25, 0.3) is 0 Å². The fraction of sp³-hybridized carbons (Fsp3) is 0.571. The lowest BCUT2D eigenvalue weighted by Gasteiger charge is -2.16. The summed E-state index contributed by atoms with van der Waals surface area (Å²) >= 11 is 3.49. The number of nitrogens with two attached hydrogens (primary N) is 1. The first kappa shape index (κ1) is 12.9. The van der Waals surface area contributed by atoms with E-state index in [0.717, 1.165) is 33.9 Å². The molecule has 2 nitrogen and oxygen atoms in total. The highest BCUT2D eigenvalue weighted by Gasteiger charge is 2.17. The van der Waals surface area contributed by atoms with Crippen molar-refractivity contribution in [1.82, 2.24) is 0 Å². The first-order valence-electron chi connectivity index (χ1n) is 6.32. The van der Waals surface area contributed by atoms with Crippen molar-refractivity contribution in [2.24, 2.45) is 11.7 Å². The van der Waals surface area contributed by atoms with Crippen molar-refractivity contribution >= 4 is 15.9 Å². The van der Waals surface area contributed by atoms with Crippen molar-refractivity contribution < 1.29 is 4.74 Å². The molecule has 3 heteroatoms. The van der Waals surface area contributed by atoms with Crippen LogP contribution in [0.1, 0.15) is 36.8 Å². The van der Waals surface area contributed by atoms with E-state index in [-0.39, 0.29) is 0 Å². The van der Waals surface area contributed by atoms with E-state index in [1.54, 1.807) is 0 Å². The Morgan fingerprint density at radius 3 is 2.71 bits per heavy atom. The van der Waals surface area contributed by atoms with E-state index in [9.17, 15) is 0 Å². The zero-order valence-corrected chi connectivity index (χ0v) is 11.9. The molecule has 1 fully saturated rings. The van der Waals surface area contributed by atoms with Gasteiger partial charge in [0.1, 0.15) is 5.75 Å². The molecule has 2 N–H and O–H groups in total. The van der Waals surface area contributed by atoms with Crippen LogP contribution in [0.2, 0.25) is 0 Å². The highest BCUT2D eigenvalue weighted by Crippen LogP contribution is 2.30. The van der Waals surface area contributed by atoms with Crippen LogP contribution in [0.3, 0.4) is 0 Å². The van der Waals surface area contributed by atoms with Gasteiger partial charge in [-0.25, -0.2) is 0 Å². The van der Waals surface area contributed by atoms with Gasteiger partial charge in [0.05, 0.1) is 6.61 Å². The Morgan fingerprint density at radius 1 is 1.35 bits per heavy atom. The molecular weight excluding hydrogens is 278 g/mol. The van der Waals surface area contributed by atoms with E-state index in [0.29, 0.717) is 6.54 Å². The Labute approximate surface area is 112 Å². The van der Waals surface area contributed by atoms with E-state index >= 15 is 0 Å². The van der Waals surface area contributed by atoms with Crippen LogP contribution in [0, 0.1) is 12.8 Å². The quantitative estimate of drug-likeness (QED) is 0.918. The van der Waals surface area contributed by atoms with E-state index in [1.165, 1.54) is 25.7 Å². The molecule has 0 amide bonds. The van der Waals surface area contributed by atoms with Gasteiger partial charge in [0.25, 0.3) is 0 Å². The van der Waals surface area contributed by atoms with E-state index in [2.05, 4.69) is 35.0 Å². The van der Waals surface area contributed by atoms with Gasteiger partial charge in [-0.1, -0.05) is 28.8 Å². The summed E-state index contributed by atoms with van der Waals surface area (Å²) in [5.74, 6) is 1.73. The molecule has 1 aliphatic carbocycles. The predicted octanol–water partition coefficient (Wildman–Crippen LogP) is 3.79. The summed E-state index contributed by atoms with van der Waals surface area (Å²) in [5, 5.41) is 0. The van der Waals surface area contributed by atoms with Crippen molar-refractivity contribution in [3.05, 3.63) is 27.7 Å². The minimum atomic E-state index is 0.528. The van der Waals surface area contributed by atoms with E-state index in [4.69, 9.17) is 10.5 Å². The zero-order chi connectivity index (χ0) is 12.3. The molecule has 0 aliphatic heterocycles. The van der Waals surface area contributed by atoms with Gasteiger partial charge in [-0.2, -0.15) is 0 Å². The molecule has 1 aromatic carbocycles. The van der Waals surface area contributed by atoms with Gasteiger partial charge in [0, 0.05) is 16.6 Å². The summed E-state index contributed by atoms with van der Waals surface area (Å²) in [4.78, 5) is 0. The van der Waals surface area contributed by atoms with Gasteiger partial charge in [-0.3, -0.25) is 0 Å². The fourth-order valence-electron chi connectivity index (χ4n) is 2.54. The number of aryl methyl sites for hydroxylation is 1. The minimum absolute atomic E-state index is 0.528. The second-order valence-corrected chi connectivity index (χ2v) is 5.79. The summed E-state index contributed by atoms with van der Waals surface area (Å²) in [5.41, 5.74) is 8.03. The van der Waals surface area contributed by atoms with Crippen molar-refractivity contribution in [2.45, 2.75) is 39.2 Å². The number of benzene rings is 1.